The van der Waals surface area contributed by atoms with Gasteiger partial charge in [0.2, 0.25) is 6.08 Å². The molecule has 0 saturated heterocycles. The Labute approximate surface area is 72.9 Å². The lowest BCUT2D eigenvalue weighted by atomic mass is 10.3. The van der Waals surface area contributed by atoms with Crippen LogP contribution in [-0.4, -0.2) is 11.1 Å². The number of aromatic nitrogens is 1. The molecule has 1 aromatic heterocycles. The van der Waals surface area contributed by atoms with Crippen LogP contribution in [0.1, 0.15) is 0 Å². The number of nitrogen functional groups attached to an aromatic ring is 1. The molecule has 0 saturated carbocycles. The second kappa shape index (κ2) is 2.73. The molecule has 0 amide bonds. The number of fused-ring (bicyclic) bond motifs is 1. The SMILES string of the molecule is Nc1nc2cccc(N=C=O)c2o1. The number of isocyanates is 1. The Hall–Kier alpha value is -2.13. The summed E-state index contributed by atoms with van der Waals surface area (Å²) in [6, 6.07) is 5.11. The van der Waals surface area contributed by atoms with Crippen LogP contribution in [0, 0.1) is 0 Å². The van der Waals surface area contributed by atoms with E-state index < -0.39 is 0 Å². The molecule has 2 N–H and O–H groups in total. The molecule has 13 heavy (non-hydrogen) atoms. The molecule has 5 heteroatoms. The fraction of sp³-hybridized carbons (Fsp3) is 0. The topological polar surface area (TPSA) is 81.5 Å². The molecule has 0 unspecified atom stereocenters. The van der Waals surface area contributed by atoms with Crippen molar-refractivity contribution in [2.45, 2.75) is 0 Å². The second-order valence-electron chi connectivity index (χ2n) is 2.38. The molecule has 0 bridgehead atoms. The van der Waals surface area contributed by atoms with Crippen LogP contribution < -0.4 is 5.73 Å². The zero-order chi connectivity index (χ0) is 9.26. The minimum absolute atomic E-state index is 0.0588. The molecule has 1 heterocycles. The standard InChI is InChI=1S/C8H5N3O2/c9-8-11-6-3-1-2-5(10-4-12)7(6)13-8/h1-3H,(H2,9,11). The summed E-state index contributed by atoms with van der Waals surface area (Å²) in [5.74, 6) is 0. The third-order valence-corrected chi connectivity index (χ3v) is 1.58. The van der Waals surface area contributed by atoms with Gasteiger partial charge in [0.15, 0.2) is 5.58 Å². The Balaban J connectivity index is 2.81. The zero-order valence-electron chi connectivity index (χ0n) is 6.52. The molecule has 0 atom stereocenters. The molecule has 0 aliphatic carbocycles. The van der Waals surface area contributed by atoms with Crippen LogP contribution in [0.2, 0.25) is 0 Å². The number of oxazole rings is 1. The molecule has 2 rings (SSSR count). The van der Waals surface area contributed by atoms with Crippen LogP contribution in [0.25, 0.3) is 11.1 Å². The first-order chi connectivity index (χ1) is 6.31. The summed E-state index contributed by atoms with van der Waals surface area (Å²) in [6.07, 6.45) is 1.43. The van der Waals surface area contributed by atoms with Crippen LogP contribution >= 0.6 is 0 Å². The highest BCUT2D eigenvalue weighted by Gasteiger charge is 2.06. The maximum atomic E-state index is 10.0. The summed E-state index contributed by atoms with van der Waals surface area (Å²) in [6.45, 7) is 0. The van der Waals surface area contributed by atoms with Crippen LogP contribution in [0.3, 0.4) is 0 Å². The van der Waals surface area contributed by atoms with Gasteiger partial charge in [-0.2, -0.15) is 9.98 Å². The van der Waals surface area contributed by atoms with E-state index in [9.17, 15) is 4.79 Å². The molecule has 1 aromatic carbocycles. The van der Waals surface area contributed by atoms with Gasteiger partial charge in [-0.3, -0.25) is 0 Å². The fourth-order valence-corrected chi connectivity index (χ4v) is 1.09. The summed E-state index contributed by atoms with van der Waals surface area (Å²) in [7, 11) is 0. The lowest BCUT2D eigenvalue weighted by Crippen LogP contribution is -1.80. The molecule has 0 fully saturated rings. The summed E-state index contributed by atoms with van der Waals surface area (Å²) < 4.78 is 5.05. The van der Waals surface area contributed by atoms with E-state index in [-0.39, 0.29) is 6.01 Å². The van der Waals surface area contributed by atoms with Crippen LogP contribution in [-0.2, 0) is 4.79 Å². The summed E-state index contributed by atoms with van der Waals surface area (Å²) in [4.78, 5) is 17.4. The molecule has 0 aliphatic heterocycles. The van der Waals surface area contributed by atoms with E-state index in [0.29, 0.717) is 16.8 Å². The largest absolute Gasteiger partial charge is 0.421 e. The number of carbonyl (C=O) groups excluding carboxylic acids is 1. The number of anilines is 1. The van der Waals surface area contributed by atoms with Crippen LogP contribution in [0.5, 0.6) is 0 Å². The van der Waals surface area contributed by atoms with Gasteiger partial charge in [-0.15, -0.1) is 0 Å². The van der Waals surface area contributed by atoms with Crippen molar-refractivity contribution in [2.75, 3.05) is 5.73 Å². The molecule has 2 aromatic rings. The normalized spacial score (nSPS) is 9.85. The van der Waals surface area contributed by atoms with Gasteiger partial charge in [0.1, 0.15) is 11.2 Å². The van der Waals surface area contributed by atoms with Crippen LogP contribution in [0.15, 0.2) is 27.6 Å². The number of nitrogens with two attached hydrogens (primary N) is 1. The predicted octanol–water partition coefficient (Wildman–Crippen LogP) is 1.38. The smallest absolute Gasteiger partial charge is 0.293 e. The Morgan fingerprint density at radius 3 is 3.15 bits per heavy atom. The van der Waals surface area contributed by atoms with Crippen molar-refractivity contribution in [3.8, 4) is 0 Å². The molecule has 0 aliphatic rings. The Bertz CT molecular complexity index is 497. The highest BCUT2D eigenvalue weighted by atomic mass is 16.4. The monoisotopic (exact) mass is 175 g/mol. The predicted molar refractivity (Wildman–Crippen MR) is 46.2 cm³/mol. The average molecular weight is 175 g/mol. The van der Waals surface area contributed by atoms with E-state index in [0.717, 1.165) is 0 Å². The zero-order valence-corrected chi connectivity index (χ0v) is 6.52. The number of nitrogens with zero attached hydrogens (tertiary/aromatic N) is 2. The summed E-state index contributed by atoms with van der Waals surface area (Å²) >= 11 is 0. The van der Waals surface area contributed by atoms with Gasteiger partial charge in [-0.1, -0.05) is 6.07 Å². The molecule has 0 spiro atoms. The number of para-hydroxylation sites is 1. The van der Waals surface area contributed by atoms with Crippen molar-refractivity contribution in [3.63, 3.8) is 0 Å². The van der Waals surface area contributed by atoms with Crippen LogP contribution in [0.4, 0.5) is 11.7 Å². The third-order valence-electron chi connectivity index (χ3n) is 1.58. The van der Waals surface area contributed by atoms with Gasteiger partial charge in [-0.05, 0) is 12.1 Å². The number of rotatable bonds is 1. The molecular formula is C8H5N3O2. The Kier molecular flexibility index (Phi) is 1.58. The quantitative estimate of drug-likeness (QED) is 0.524. The average Bonchev–Trinajstić information content (AvgIpc) is 2.47. The minimum atomic E-state index is 0.0588. The van der Waals surface area contributed by atoms with Gasteiger partial charge in [0.25, 0.3) is 6.01 Å². The van der Waals surface area contributed by atoms with Gasteiger partial charge in [0, 0.05) is 0 Å². The third kappa shape index (κ3) is 1.17. The first-order valence-electron chi connectivity index (χ1n) is 3.54. The first kappa shape index (κ1) is 7.52. The number of aliphatic imine (C=N–C) groups is 1. The van der Waals surface area contributed by atoms with Crippen molar-refractivity contribution < 1.29 is 9.21 Å². The maximum Gasteiger partial charge on any atom is 0.293 e. The lowest BCUT2D eigenvalue weighted by molar-refractivity contribution is 0.565. The van der Waals surface area contributed by atoms with Gasteiger partial charge in [-0.25, -0.2) is 4.79 Å². The van der Waals surface area contributed by atoms with Crippen molar-refractivity contribution in [3.05, 3.63) is 18.2 Å². The van der Waals surface area contributed by atoms with E-state index in [1.54, 1.807) is 18.2 Å². The minimum Gasteiger partial charge on any atom is -0.421 e. The second-order valence-corrected chi connectivity index (χ2v) is 2.38. The van der Waals surface area contributed by atoms with E-state index >= 15 is 0 Å². The number of hydrogen-bond donors (Lipinski definition) is 1. The van der Waals surface area contributed by atoms with E-state index in [1.807, 2.05) is 0 Å². The Morgan fingerprint density at radius 1 is 1.54 bits per heavy atom. The maximum absolute atomic E-state index is 10.0. The van der Waals surface area contributed by atoms with Crippen molar-refractivity contribution in [1.29, 1.82) is 0 Å². The highest BCUT2D eigenvalue weighted by molar-refractivity contribution is 5.86. The Morgan fingerprint density at radius 2 is 2.38 bits per heavy atom. The molecule has 0 radical (unpaired) electrons. The molecular weight excluding hydrogens is 170 g/mol. The molecule has 64 valence electrons. The van der Waals surface area contributed by atoms with Crippen molar-refractivity contribution in [1.82, 2.24) is 4.98 Å². The fourth-order valence-electron chi connectivity index (χ4n) is 1.09. The highest BCUT2D eigenvalue weighted by Crippen LogP contribution is 2.26. The van der Waals surface area contributed by atoms with E-state index in [1.165, 1.54) is 6.08 Å². The first-order valence-corrected chi connectivity index (χ1v) is 3.54. The van der Waals surface area contributed by atoms with Crippen molar-refractivity contribution >= 4 is 28.9 Å². The van der Waals surface area contributed by atoms with Gasteiger partial charge < -0.3 is 10.2 Å². The number of benzene rings is 1. The van der Waals surface area contributed by atoms with Crippen molar-refractivity contribution in [2.24, 2.45) is 4.99 Å². The lowest BCUT2D eigenvalue weighted by Gasteiger charge is -1.88. The van der Waals surface area contributed by atoms with Gasteiger partial charge in [0.05, 0.1) is 0 Å². The number of hydrogen-bond acceptors (Lipinski definition) is 5. The van der Waals surface area contributed by atoms with E-state index in [4.69, 9.17) is 10.2 Å². The summed E-state index contributed by atoms with van der Waals surface area (Å²) in [5, 5.41) is 0. The summed E-state index contributed by atoms with van der Waals surface area (Å²) in [5.41, 5.74) is 6.71. The van der Waals surface area contributed by atoms with E-state index in [2.05, 4.69) is 9.98 Å². The van der Waals surface area contributed by atoms with Gasteiger partial charge >= 0.3 is 0 Å². The molecule has 5 nitrogen and oxygen atoms in total.